The average molecular weight is 272 g/mol. The molecule has 0 saturated heterocycles. The maximum Gasteiger partial charge on any atom is 0.112 e. The maximum atomic E-state index is 9.25. The number of alkyl halides is 1. The van der Waals surface area contributed by atoms with Crippen LogP contribution in [0.3, 0.4) is 0 Å². The topological polar surface area (TPSA) is 40.5 Å². The molecule has 58 valence electrons. The summed E-state index contributed by atoms with van der Waals surface area (Å²) in [7, 11) is 0. The Hall–Kier alpha value is 0.620. The van der Waals surface area contributed by atoms with Crippen LogP contribution >= 0.6 is 31.9 Å². The summed E-state index contributed by atoms with van der Waals surface area (Å²) in [4.78, 5) is -0.0243. The van der Waals surface area contributed by atoms with Crippen molar-refractivity contribution in [1.29, 1.82) is 0 Å². The Balaban J connectivity index is 2.71. The zero-order valence-electron chi connectivity index (χ0n) is 5.17. The van der Waals surface area contributed by atoms with Crippen LogP contribution in [0.25, 0.3) is 0 Å². The van der Waals surface area contributed by atoms with Gasteiger partial charge in [0.05, 0.1) is 6.10 Å². The van der Waals surface area contributed by atoms with E-state index in [9.17, 15) is 10.2 Å². The Labute approximate surface area is 76.2 Å². The highest BCUT2D eigenvalue weighted by molar-refractivity contribution is 9.11. The molecular formula is C6H8Br2O2. The monoisotopic (exact) mass is 270 g/mol. The summed E-state index contributed by atoms with van der Waals surface area (Å²) in [5.41, 5.74) is 0. The molecule has 2 nitrogen and oxygen atoms in total. The van der Waals surface area contributed by atoms with Crippen LogP contribution in [0.5, 0.6) is 0 Å². The number of halogens is 2. The molecule has 10 heavy (non-hydrogen) atoms. The first-order valence-corrected chi connectivity index (χ1v) is 4.69. The van der Waals surface area contributed by atoms with Gasteiger partial charge < -0.3 is 10.2 Å². The summed E-state index contributed by atoms with van der Waals surface area (Å²) >= 11 is 6.40. The fourth-order valence-corrected chi connectivity index (χ4v) is 1.78. The summed E-state index contributed by atoms with van der Waals surface area (Å²) in [6.45, 7) is 0. The van der Waals surface area contributed by atoms with Crippen molar-refractivity contribution in [1.82, 2.24) is 0 Å². The molecular weight excluding hydrogens is 264 g/mol. The molecule has 3 atom stereocenters. The molecule has 1 aliphatic carbocycles. The zero-order chi connectivity index (χ0) is 7.72. The molecule has 0 heterocycles. The van der Waals surface area contributed by atoms with Gasteiger partial charge >= 0.3 is 0 Å². The summed E-state index contributed by atoms with van der Waals surface area (Å²) in [5, 5.41) is 18.5. The highest BCUT2D eigenvalue weighted by Gasteiger charge is 2.29. The van der Waals surface area contributed by atoms with Gasteiger partial charge in [-0.1, -0.05) is 37.9 Å². The van der Waals surface area contributed by atoms with E-state index >= 15 is 0 Å². The Morgan fingerprint density at radius 2 is 2.10 bits per heavy atom. The van der Waals surface area contributed by atoms with Crippen LogP contribution in [0.4, 0.5) is 0 Å². The fourth-order valence-electron chi connectivity index (χ4n) is 0.846. The normalized spacial score (nSPS) is 41.2. The first-order chi connectivity index (χ1) is 4.63. The van der Waals surface area contributed by atoms with E-state index in [1.54, 1.807) is 0 Å². The molecule has 0 bridgehead atoms. The molecule has 4 heteroatoms. The Morgan fingerprint density at radius 1 is 1.50 bits per heavy atom. The lowest BCUT2D eigenvalue weighted by molar-refractivity contribution is 0.0425. The van der Waals surface area contributed by atoms with Crippen LogP contribution in [0.2, 0.25) is 0 Å². The third kappa shape index (κ3) is 1.61. The fraction of sp³-hybridized carbons (Fsp3) is 0.667. The smallest absolute Gasteiger partial charge is 0.112 e. The van der Waals surface area contributed by atoms with E-state index in [1.807, 2.05) is 6.08 Å². The van der Waals surface area contributed by atoms with Gasteiger partial charge in [0.15, 0.2) is 0 Å². The van der Waals surface area contributed by atoms with E-state index in [0.29, 0.717) is 4.48 Å². The van der Waals surface area contributed by atoms with Crippen molar-refractivity contribution in [2.75, 3.05) is 0 Å². The minimum Gasteiger partial charge on any atom is -0.389 e. The maximum absolute atomic E-state index is 9.25. The second-order valence-electron chi connectivity index (χ2n) is 2.28. The molecule has 1 rings (SSSR count). The van der Waals surface area contributed by atoms with Gasteiger partial charge in [-0.15, -0.1) is 0 Å². The van der Waals surface area contributed by atoms with Crippen molar-refractivity contribution < 1.29 is 10.2 Å². The van der Waals surface area contributed by atoms with Crippen LogP contribution in [0.1, 0.15) is 6.42 Å². The van der Waals surface area contributed by atoms with Gasteiger partial charge in [0.1, 0.15) is 6.10 Å². The molecule has 0 aromatic heterocycles. The lowest BCUT2D eigenvalue weighted by atomic mass is 10.0. The van der Waals surface area contributed by atoms with E-state index in [-0.39, 0.29) is 4.83 Å². The zero-order valence-corrected chi connectivity index (χ0v) is 8.34. The second-order valence-corrected chi connectivity index (χ2v) is 4.37. The summed E-state index contributed by atoms with van der Waals surface area (Å²) in [6, 6.07) is 0. The lowest BCUT2D eigenvalue weighted by Gasteiger charge is -2.25. The number of hydrogen-bond donors (Lipinski definition) is 2. The summed E-state index contributed by atoms with van der Waals surface area (Å²) in [6.07, 6.45) is 1.15. The van der Waals surface area contributed by atoms with Gasteiger partial charge in [-0.05, 0) is 6.42 Å². The molecule has 1 aliphatic rings. The molecule has 0 unspecified atom stereocenters. The molecule has 0 saturated carbocycles. The van der Waals surface area contributed by atoms with E-state index in [2.05, 4.69) is 31.9 Å². The molecule has 0 amide bonds. The first kappa shape index (κ1) is 8.71. The SMILES string of the molecule is O[C@H]1[C@H](Br)CC=C(Br)[C@H]1O. The molecule has 0 fully saturated rings. The van der Waals surface area contributed by atoms with Gasteiger partial charge in [0.25, 0.3) is 0 Å². The first-order valence-electron chi connectivity index (χ1n) is 2.98. The van der Waals surface area contributed by atoms with Crippen molar-refractivity contribution in [3.63, 3.8) is 0 Å². The van der Waals surface area contributed by atoms with Gasteiger partial charge in [0.2, 0.25) is 0 Å². The molecule has 0 aliphatic heterocycles. The highest BCUT2D eigenvalue weighted by atomic mass is 79.9. The number of allylic oxidation sites excluding steroid dienone is 1. The lowest BCUT2D eigenvalue weighted by Crippen LogP contribution is -2.36. The van der Waals surface area contributed by atoms with Crippen LogP contribution in [-0.2, 0) is 0 Å². The second kappa shape index (κ2) is 3.34. The predicted octanol–water partition coefficient (Wildman–Crippen LogP) is 1.15. The van der Waals surface area contributed by atoms with Gasteiger partial charge in [-0.25, -0.2) is 0 Å². The standard InChI is InChI=1S/C6H8Br2O2/c7-3-1-2-4(8)6(10)5(3)9/h1,4-6,9-10H,2H2/t4-,5-,6+/m1/s1. The van der Waals surface area contributed by atoms with Crippen molar-refractivity contribution >= 4 is 31.9 Å². The average Bonchev–Trinajstić information content (AvgIpc) is 1.93. The van der Waals surface area contributed by atoms with Crippen molar-refractivity contribution in [3.05, 3.63) is 10.6 Å². The minimum atomic E-state index is -0.766. The Kier molecular flexibility index (Phi) is 2.91. The Morgan fingerprint density at radius 3 is 2.60 bits per heavy atom. The number of hydrogen-bond acceptors (Lipinski definition) is 2. The number of aliphatic hydroxyl groups is 2. The minimum absolute atomic E-state index is 0.0243. The molecule has 0 radical (unpaired) electrons. The third-order valence-corrected chi connectivity index (χ3v) is 3.22. The van der Waals surface area contributed by atoms with Crippen molar-refractivity contribution in [2.24, 2.45) is 0 Å². The summed E-state index contributed by atoms with van der Waals surface area (Å²) in [5.74, 6) is 0. The third-order valence-electron chi connectivity index (χ3n) is 1.51. The van der Waals surface area contributed by atoms with E-state index in [4.69, 9.17) is 0 Å². The van der Waals surface area contributed by atoms with Crippen LogP contribution < -0.4 is 0 Å². The predicted molar refractivity (Wildman–Crippen MR) is 46.4 cm³/mol. The van der Waals surface area contributed by atoms with Crippen molar-refractivity contribution in [2.45, 2.75) is 23.5 Å². The molecule has 0 aromatic rings. The Bertz CT molecular complexity index is 158. The molecule has 2 N–H and O–H groups in total. The van der Waals surface area contributed by atoms with Crippen molar-refractivity contribution in [3.8, 4) is 0 Å². The number of rotatable bonds is 0. The number of aliphatic hydroxyl groups excluding tert-OH is 2. The largest absolute Gasteiger partial charge is 0.389 e. The van der Waals surface area contributed by atoms with Crippen LogP contribution in [0.15, 0.2) is 10.6 Å². The molecule has 0 spiro atoms. The van der Waals surface area contributed by atoms with E-state index in [0.717, 1.165) is 6.42 Å². The quantitative estimate of drug-likeness (QED) is 0.649. The van der Waals surface area contributed by atoms with Gasteiger partial charge in [-0.3, -0.25) is 0 Å². The van der Waals surface area contributed by atoms with E-state index in [1.165, 1.54) is 0 Å². The van der Waals surface area contributed by atoms with Crippen LogP contribution in [-0.4, -0.2) is 27.2 Å². The van der Waals surface area contributed by atoms with Crippen LogP contribution in [0, 0.1) is 0 Å². The highest BCUT2D eigenvalue weighted by Crippen LogP contribution is 2.27. The van der Waals surface area contributed by atoms with Gasteiger partial charge in [-0.2, -0.15) is 0 Å². The van der Waals surface area contributed by atoms with Gasteiger partial charge in [0, 0.05) is 9.31 Å². The van der Waals surface area contributed by atoms with E-state index < -0.39 is 12.2 Å². The molecule has 0 aromatic carbocycles. The summed E-state index contributed by atoms with van der Waals surface area (Å²) < 4.78 is 0.677.